The fourth-order valence-corrected chi connectivity index (χ4v) is 2.27. The van der Waals surface area contributed by atoms with E-state index in [2.05, 4.69) is 23.0 Å². The van der Waals surface area contributed by atoms with E-state index in [9.17, 15) is 0 Å². The smallest absolute Gasteiger partial charge is 0.0543 e. The fourth-order valence-electron chi connectivity index (χ4n) is 2.27. The first-order valence-corrected chi connectivity index (χ1v) is 5.61. The van der Waals surface area contributed by atoms with Crippen molar-refractivity contribution < 1.29 is 0 Å². The number of nitrogens with zero attached hydrogens (tertiary/aromatic N) is 2. The summed E-state index contributed by atoms with van der Waals surface area (Å²) in [6.07, 6.45) is 4.42. The van der Waals surface area contributed by atoms with E-state index in [1.165, 1.54) is 12.8 Å². The molecule has 0 amide bonds. The molecule has 3 heteroatoms. The molecule has 1 aromatic rings. The Morgan fingerprint density at radius 1 is 1.47 bits per heavy atom. The molecule has 1 heterocycles. The summed E-state index contributed by atoms with van der Waals surface area (Å²) in [5, 5.41) is 0. The third kappa shape index (κ3) is 2.36. The standard InChI is InChI=1S/C12H19N3/c1-15(12-6-5-10(12)8-13)9-11-4-2-3-7-14-11/h2-4,7,10,12H,5-6,8-9,13H2,1H3. The Kier molecular flexibility index (Phi) is 3.34. The third-order valence-corrected chi connectivity index (χ3v) is 3.38. The Morgan fingerprint density at radius 3 is 2.87 bits per heavy atom. The molecule has 2 N–H and O–H groups in total. The molecule has 82 valence electrons. The van der Waals surface area contributed by atoms with Crippen LogP contribution in [0.4, 0.5) is 0 Å². The van der Waals surface area contributed by atoms with Crippen molar-refractivity contribution in [2.75, 3.05) is 13.6 Å². The highest BCUT2D eigenvalue weighted by atomic mass is 15.1. The molecule has 0 bridgehead atoms. The highest BCUT2D eigenvalue weighted by Gasteiger charge is 2.32. The Hall–Kier alpha value is -0.930. The largest absolute Gasteiger partial charge is 0.330 e. The van der Waals surface area contributed by atoms with Gasteiger partial charge in [-0.25, -0.2) is 0 Å². The molecular formula is C12H19N3. The van der Waals surface area contributed by atoms with E-state index in [4.69, 9.17) is 5.73 Å². The molecule has 0 spiro atoms. The predicted octanol–water partition coefficient (Wildman–Crippen LogP) is 1.25. The topological polar surface area (TPSA) is 42.2 Å². The van der Waals surface area contributed by atoms with Crippen LogP contribution >= 0.6 is 0 Å². The minimum absolute atomic E-state index is 0.664. The minimum Gasteiger partial charge on any atom is -0.330 e. The first kappa shape index (κ1) is 10.6. The molecule has 2 unspecified atom stereocenters. The normalized spacial score (nSPS) is 25.3. The Bertz CT molecular complexity index is 297. The van der Waals surface area contributed by atoms with E-state index in [1.54, 1.807) is 0 Å². The molecule has 2 atom stereocenters. The number of hydrogen-bond acceptors (Lipinski definition) is 3. The summed E-state index contributed by atoms with van der Waals surface area (Å²) >= 11 is 0. The van der Waals surface area contributed by atoms with E-state index in [0.717, 1.165) is 18.8 Å². The van der Waals surface area contributed by atoms with Crippen LogP contribution in [-0.4, -0.2) is 29.5 Å². The van der Waals surface area contributed by atoms with E-state index in [-0.39, 0.29) is 0 Å². The van der Waals surface area contributed by atoms with Crippen molar-refractivity contribution in [1.82, 2.24) is 9.88 Å². The van der Waals surface area contributed by atoms with Crippen molar-refractivity contribution in [3.63, 3.8) is 0 Å². The summed E-state index contributed by atoms with van der Waals surface area (Å²) in [4.78, 5) is 6.72. The number of hydrogen-bond donors (Lipinski definition) is 1. The Labute approximate surface area is 91.3 Å². The molecule has 1 aliphatic rings. The van der Waals surface area contributed by atoms with E-state index in [1.807, 2.05) is 18.3 Å². The van der Waals surface area contributed by atoms with Gasteiger partial charge in [-0.1, -0.05) is 6.07 Å². The quantitative estimate of drug-likeness (QED) is 0.804. The molecule has 2 rings (SSSR count). The molecule has 3 nitrogen and oxygen atoms in total. The second-order valence-corrected chi connectivity index (χ2v) is 4.38. The van der Waals surface area contributed by atoms with Gasteiger partial charge in [0.05, 0.1) is 5.69 Å². The third-order valence-electron chi connectivity index (χ3n) is 3.38. The number of pyridine rings is 1. The fraction of sp³-hybridized carbons (Fsp3) is 0.583. The molecule has 0 aliphatic heterocycles. The van der Waals surface area contributed by atoms with Gasteiger partial charge in [-0.15, -0.1) is 0 Å². The van der Waals surface area contributed by atoms with Crippen LogP contribution in [0.25, 0.3) is 0 Å². The average molecular weight is 205 g/mol. The van der Waals surface area contributed by atoms with Gasteiger partial charge < -0.3 is 5.73 Å². The summed E-state index contributed by atoms with van der Waals surface area (Å²) < 4.78 is 0. The summed E-state index contributed by atoms with van der Waals surface area (Å²) in [7, 11) is 2.17. The SMILES string of the molecule is CN(Cc1ccccn1)C1CCC1CN. The van der Waals surface area contributed by atoms with Crippen LogP contribution in [0.1, 0.15) is 18.5 Å². The van der Waals surface area contributed by atoms with Crippen LogP contribution in [0.3, 0.4) is 0 Å². The molecule has 15 heavy (non-hydrogen) atoms. The summed E-state index contributed by atoms with van der Waals surface area (Å²) in [6, 6.07) is 6.73. The maximum absolute atomic E-state index is 5.71. The van der Waals surface area contributed by atoms with Crippen molar-refractivity contribution in [1.29, 1.82) is 0 Å². The molecule has 0 saturated heterocycles. The summed E-state index contributed by atoms with van der Waals surface area (Å²) in [5.74, 6) is 0.693. The zero-order chi connectivity index (χ0) is 10.7. The van der Waals surface area contributed by atoms with Crippen LogP contribution in [0, 0.1) is 5.92 Å². The highest BCUT2D eigenvalue weighted by molar-refractivity contribution is 5.04. The maximum atomic E-state index is 5.71. The summed E-state index contributed by atoms with van der Waals surface area (Å²) in [6.45, 7) is 1.75. The molecule has 1 aliphatic carbocycles. The van der Waals surface area contributed by atoms with E-state index >= 15 is 0 Å². The van der Waals surface area contributed by atoms with Crippen LogP contribution in [0.5, 0.6) is 0 Å². The van der Waals surface area contributed by atoms with Crippen molar-refractivity contribution >= 4 is 0 Å². The molecule has 0 radical (unpaired) electrons. The van der Waals surface area contributed by atoms with Gasteiger partial charge in [-0.3, -0.25) is 9.88 Å². The second-order valence-electron chi connectivity index (χ2n) is 4.38. The van der Waals surface area contributed by atoms with E-state index < -0.39 is 0 Å². The van der Waals surface area contributed by atoms with Crippen molar-refractivity contribution in [3.05, 3.63) is 30.1 Å². The number of rotatable bonds is 4. The van der Waals surface area contributed by atoms with Crippen LogP contribution < -0.4 is 5.73 Å². The van der Waals surface area contributed by atoms with Gasteiger partial charge in [0.15, 0.2) is 0 Å². The van der Waals surface area contributed by atoms with Gasteiger partial charge in [-0.2, -0.15) is 0 Å². The first-order valence-electron chi connectivity index (χ1n) is 5.61. The van der Waals surface area contributed by atoms with Crippen molar-refractivity contribution in [3.8, 4) is 0 Å². The zero-order valence-electron chi connectivity index (χ0n) is 9.26. The van der Waals surface area contributed by atoms with Crippen LogP contribution in [0.2, 0.25) is 0 Å². The Balaban J connectivity index is 1.90. The van der Waals surface area contributed by atoms with E-state index in [0.29, 0.717) is 12.0 Å². The summed E-state index contributed by atoms with van der Waals surface area (Å²) in [5.41, 5.74) is 6.85. The molecule has 0 aromatic carbocycles. The minimum atomic E-state index is 0.664. The lowest BCUT2D eigenvalue weighted by atomic mass is 9.78. The molecule has 1 fully saturated rings. The monoisotopic (exact) mass is 205 g/mol. The maximum Gasteiger partial charge on any atom is 0.0543 e. The number of nitrogens with two attached hydrogens (primary N) is 1. The lowest BCUT2D eigenvalue weighted by Gasteiger charge is -2.42. The van der Waals surface area contributed by atoms with Gasteiger partial charge in [0, 0.05) is 18.8 Å². The van der Waals surface area contributed by atoms with Crippen molar-refractivity contribution in [2.24, 2.45) is 11.7 Å². The second kappa shape index (κ2) is 4.73. The average Bonchev–Trinajstić information content (AvgIpc) is 2.18. The molecular weight excluding hydrogens is 186 g/mol. The van der Waals surface area contributed by atoms with Gasteiger partial charge in [0.2, 0.25) is 0 Å². The van der Waals surface area contributed by atoms with Gasteiger partial charge >= 0.3 is 0 Å². The predicted molar refractivity (Wildman–Crippen MR) is 61.3 cm³/mol. The van der Waals surface area contributed by atoms with Crippen LogP contribution in [-0.2, 0) is 6.54 Å². The lowest BCUT2D eigenvalue weighted by Crippen LogP contribution is -2.47. The van der Waals surface area contributed by atoms with Gasteiger partial charge in [-0.05, 0) is 44.5 Å². The Morgan fingerprint density at radius 2 is 2.33 bits per heavy atom. The highest BCUT2D eigenvalue weighted by Crippen LogP contribution is 2.30. The van der Waals surface area contributed by atoms with Crippen molar-refractivity contribution in [2.45, 2.75) is 25.4 Å². The molecule has 1 saturated carbocycles. The zero-order valence-corrected chi connectivity index (χ0v) is 9.26. The molecule has 1 aromatic heterocycles. The first-order chi connectivity index (χ1) is 7.31. The van der Waals surface area contributed by atoms with Gasteiger partial charge in [0.1, 0.15) is 0 Å². The lowest BCUT2D eigenvalue weighted by molar-refractivity contribution is 0.0827. The number of aromatic nitrogens is 1. The van der Waals surface area contributed by atoms with Gasteiger partial charge in [0.25, 0.3) is 0 Å². The van der Waals surface area contributed by atoms with Crippen LogP contribution in [0.15, 0.2) is 24.4 Å².